The maximum Gasteiger partial charge on any atom is 0.257 e. The third kappa shape index (κ3) is 5.10. The van der Waals surface area contributed by atoms with Crippen LogP contribution in [-0.4, -0.2) is 18.9 Å². The van der Waals surface area contributed by atoms with Gasteiger partial charge in [0, 0.05) is 18.3 Å². The molecule has 7 heteroatoms. The van der Waals surface area contributed by atoms with E-state index in [1.807, 2.05) is 30.3 Å². The Hall–Kier alpha value is -3.87. The van der Waals surface area contributed by atoms with Crippen LogP contribution in [0.2, 0.25) is 0 Å². The molecule has 6 nitrogen and oxygen atoms in total. The number of methoxy groups -OCH3 is 1. The average Bonchev–Trinajstić information content (AvgIpc) is 2.71. The Bertz CT molecular complexity index is 1040. The summed E-state index contributed by atoms with van der Waals surface area (Å²) >= 11 is 0. The molecular weight excluding hydrogens is 373 g/mol. The fraction of sp³-hybridized carbons (Fsp3) is 0.0909. The van der Waals surface area contributed by atoms with Gasteiger partial charge in [-0.05, 0) is 54.6 Å². The summed E-state index contributed by atoms with van der Waals surface area (Å²) < 4.78 is 18.9. The highest BCUT2D eigenvalue weighted by molar-refractivity contribution is 6.08. The van der Waals surface area contributed by atoms with Gasteiger partial charge >= 0.3 is 0 Å². The molecular formula is C22H20FN3O3. The zero-order valence-electron chi connectivity index (χ0n) is 16.0. The van der Waals surface area contributed by atoms with E-state index in [4.69, 9.17) is 4.74 Å². The van der Waals surface area contributed by atoms with Gasteiger partial charge in [0.15, 0.2) is 0 Å². The van der Waals surface area contributed by atoms with Crippen molar-refractivity contribution in [2.75, 3.05) is 23.1 Å². The molecule has 0 spiro atoms. The van der Waals surface area contributed by atoms with E-state index in [9.17, 15) is 14.0 Å². The summed E-state index contributed by atoms with van der Waals surface area (Å²) in [4.78, 5) is 24.0. The van der Waals surface area contributed by atoms with Crippen molar-refractivity contribution < 1.29 is 18.7 Å². The summed E-state index contributed by atoms with van der Waals surface area (Å²) in [6.45, 7) is 1.28. The van der Waals surface area contributed by atoms with E-state index < -0.39 is 11.7 Å². The maximum absolute atomic E-state index is 13.8. The molecule has 0 heterocycles. The van der Waals surface area contributed by atoms with Gasteiger partial charge in [0.2, 0.25) is 5.91 Å². The fourth-order valence-electron chi connectivity index (χ4n) is 2.71. The van der Waals surface area contributed by atoms with Gasteiger partial charge in [-0.25, -0.2) is 4.39 Å². The van der Waals surface area contributed by atoms with E-state index in [2.05, 4.69) is 16.0 Å². The van der Waals surface area contributed by atoms with Gasteiger partial charge in [-0.1, -0.05) is 12.1 Å². The lowest BCUT2D eigenvalue weighted by Crippen LogP contribution is -2.14. The summed E-state index contributed by atoms with van der Waals surface area (Å²) in [6.07, 6.45) is 0. The van der Waals surface area contributed by atoms with Gasteiger partial charge in [-0.3, -0.25) is 9.59 Å². The number of nitrogens with one attached hydrogen (secondary N) is 3. The Balaban J connectivity index is 1.80. The molecule has 0 radical (unpaired) electrons. The number of benzene rings is 3. The minimum atomic E-state index is -0.584. The standard InChI is InChI=1S/C22H20FN3O3/c1-14(27)24-21-13-16(9-12-19(21)23)26-22(28)18-5-3-4-6-20(18)25-15-7-10-17(29-2)11-8-15/h3-13,25H,1-2H3,(H,24,27)(H,26,28). The van der Waals surface area contributed by atoms with Crippen molar-refractivity contribution in [2.45, 2.75) is 6.92 Å². The second-order valence-electron chi connectivity index (χ2n) is 6.23. The van der Waals surface area contributed by atoms with Crippen LogP contribution in [0.15, 0.2) is 66.7 Å². The predicted octanol–water partition coefficient (Wildman–Crippen LogP) is 4.79. The molecule has 3 N–H and O–H groups in total. The van der Waals surface area contributed by atoms with Crippen LogP contribution in [0.25, 0.3) is 0 Å². The molecule has 0 atom stereocenters. The van der Waals surface area contributed by atoms with Gasteiger partial charge < -0.3 is 20.7 Å². The summed E-state index contributed by atoms with van der Waals surface area (Å²) in [5.41, 5.74) is 2.17. The van der Waals surface area contributed by atoms with Gasteiger partial charge in [-0.2, -0.15) is 0 Å². The number of hydrogen-bond acceptors (Lipinski definition) is 4. The van der Waals surface area contributed by atoms with Crippen LogP contribution < -0.4 is 20.7 Å². The molecule has 0 bridgehead atoms. The molecule has 0 aliphatic rings. The van der Waals surface area contributed by atoms with Crippen LogP contribution in [0.3, 0.4) is 0 Å². The van der Waals surface area contributed by atoms with E-state index in [1.165, 1.54) is 25.1 Å². The van der Waals surface area contributed by atoms with Crippen LogP contribution in [0.4, 0.5) is 27.1 Å². The zero-order valence-corrected chi connectivity index (χ0v) is 16.0. The van der Waals surface area contributed by atoms with E-state index in [0.29, 0.717) is 16.9 Å². The molecule has 0 saturated carbocycles. The Labute approximate surface area is 167 Å². The van der Waals surface area contributed by atoms with E-state index in [1.54, 1.807) is 25.3 Å². The molecule has 148 valence electrons. The highest BCUT2D eigenvalue weighted by atomic mass is 19.1. The summed E-state index contributed by atoms with van der Waals surface area (Å²) in [6, 6.07) is 18.3. The van der Waals surface area contributed by atoms with Crippen molar-refractivity contribution in [3.63, 3.8) is 0 Å². The molecule has 3 rings (SSSR count). The molecule has 0 fully saturated rings. The monoisotopic (exact) mass is 393 g/mol. The summed E-state index contributed by atoms with van der Waals surface area (Å²) in [7, 11) is 1.59. The van der Waals surface area contributed by atoms with Crippen LogP contribution in [0.1, 0.15) is 17.3 Å². The van der Waals surface area contributed by atoms with Crippen LogP contribution in [-0.2, 0) is 4.79 Å². The highest BCUT2D eigenvalue weighted by Crippen LogP contribution is 2.25. The van der Waals surface area contributed by atoms with Crippen LogP contribution in [0.5, 0.6) is 5.75 Å². The topological polar surface area (TPSA) is 79.5 Å². The third-order valence-corrected chi connectivity index (χ3v) is 4.08. The molecule has 0 unspecified atom stereocenters. The number of halogens is 1. The van der Waals surface area contributed by atoms with Crippen LogP contribution in [0, 0.1) is 5.82 Å². The molecule has 0 saturated heterocycles. The number of para-hydroxylation sites is 1. The van der Waals surface area contributed by atoms with Crippen molar-refractivity contribution in [2.24, 2.45) is 0 Å². The van der Waals surface area contributed by atoms with Crippen molar-refractivity contribution in [3.05, 3.63) is 78.1 Å². The van der Waals surface area contributed by atoms with Crippen LogP contribution >= 0.6 is 0 Å². The molecule has 29 heavy (non-hydrogen) atoms. The Morgan fingerprint density at radius 2 is 1.55 bits per heavy atom. The molecule has 0 aliphatic heterocycles. The first-order chi connectivity index (χ1) is 14.0. The number of anilines is 4. The normalized spacial score (nSPS) is 10.2. The first-order valence-electron chi connectivity index (χ1n) is 8.85. The lowest BCUT2D eigenvalue weighted by molar-refractivity contribution is -0.114. The number of ether oxygens (including phenoxy) is 1. The second kappa shape index (κ2) is 8.88. The molecule has 0 aliphatic carbocycles. The van der Waals surface area contributed by atoms with E-state index in [0.717, 1.165) is 11.4 Å². The molecule has 2 amide bonds. The molecule has 3 aromatic carbocycles. The minimum Gasteiger partial charge on any atom is -0.497 e. The van der Waals surface area contributed by atoms with E-state index in [-0.39, 0.29) is 11.6 Å². The van der Waals surface area contributed by atoms with E-state index >= 15 is 0 Å². The molecule has 0 aromatic heterocycles. The quantitative estimate of drug-likeness (QED) is 0.563. The second-order valence-corrected chi connectivity index (χ2v) is 6.23. The van der Waals surface area contributed by atoms with Crippen molar-refractivity contribution >= 4 is 34.6 Å². The Morgan fingerprint density at radius 1 is 0.862 bits per heavy atom. The highest BCUT2D eigenvalue weighted by Gasteiger charge is 2.13. The zero-order chi connectivity index (χ0) is 20.8. The van der Waals surface area contributed by atoms with Gasteiger partial charge in [-0.15, -0.1) is 0 Å². The lowest BCUT2D eigenvalue weighted by atomic mass is 10.1. The largest absolute Gasteiger partial charge is 0.497 e. The van der Waals surface area contributed by atoms with Gasteiger partial charge in [0.25, 0.3) is 5.91 Å². The number of carbonyl (C=O) groups excluding carboxylic acids is 2. The number of rotatable bonds is 6. The van der Waals surface area contributed by atoms with Gasteiger partial charge in [0.05, 0.1) is 24.0 Å². The number of hydrogen-bond donors (Lipinski definition) is 3. The fourth-order valence-corrected chi connectivity index (χ4v) is 2.71. The third-order valence-electron chi connectivity index (χ3n) is 4.08. The number of amides is 2. The summed E-state index contributed by atoms with van der Waals surface area (Å²) in [5, 5.41) is 8.32. The lowest BCUT2D eigenvalue weighted by Gasteiger charge is -2.13. The summed E-state index contributed by atoms with van der Waals surface area (Å²) in [5.74, 6) is -0.629. The van der Waals surface area contributed by atoms with Crippen molar-refractivity contribution in [1.82, 2.24) is 0 Å². The first kappa shape index (κ1) is 19.9. The Kier molecular flexibility index (Phi) is 6.09. The predicted molar refractivity (Wildman–Crippen MR) is 111 cm³/mol. The maximum atomic E-state index is 13.8. The SMILES string of the molecule is COc1ccc(Nc2ccccc2C(=O)Nc2ccc(F)c(NC(C)=O)c2)cc1. The van der Waals surface area contributed by atoms with Gasteiger partial charge in [0.1, 0.15) is 11.6 Å². The van der Waals surface area contributed by atoms with Crippen molar-refractivity contribution in [1.29, 1.82) is 0 Å². The smallest absolute Gasteiger partial charge is 0.257 e. The van der Waals surface area contributed by atoms with Crippen molar-refractivity contribution in [3.8, 4) is 5.75 Å². The number of carbonyl (C=O) groups is 2. The molecule has 3 aromatic rings. The Morgan fingerprint density at radius 3 is 2.24 bits per heavy atom. The first-order valence-corrected chi connectivity index (χ1v) is 8.85. The minimum absolute atomic E-state index is 0.0000528. The average molecular weight is 393 g/mol.